The van der Waals surface area contributed by atoms with Crippen molar-refractivity contribution in [1.82, 2.24) is 0 Å². The van der Waals surface area contributed by atoms with Gasteiger partial charge in [-0.25, -0.2) is 0 Å². The minimum atomic E-state index is 0.153. The molecule has 0 saturated heterocycles. The molecule has 70 valence electrons. The van der Waals surface area contributed by atoms with Crippen LogP contribution in [0.5, 0.6) is 0 Å². The Morgan fingerprint density at radius 1 is 1.54 bits per heavy atom. The van der Waals surface area contributed by atoms with Crippen LogP contribution >= 0.6 is 11.6 Å². The molecular weight excluding hydrogens is 182 g/mol. The predicted octanol–water partition coefficient (Wildman–Crippen LogP) is 2.50. The van der Waals surface area contributed by atoms with Gasteiger partial charge in [0.25, 0.3) is 0 Å². The molecule has 1 aromatic carbocycles. The fourth-order valence-corrected chi connectivity index (χ4v) is 2.26. The van der Waals surface area contributed by atoms with E-state index in [1.165, 1.54) is 11.1 Å². The molecule has 1 unspecified atom stereocenters. The van der Waals surface area contributed by atoms with Crippen molar-refractivity contribution in [3.63, 3.8) is 0 Å². The molecule has 2 N–H and O–H groups in total. The van der Waals surface area contributed by atoms with Crippen LogP contribution in [0.15, 0.2) is 18.2 Å². The van der Waals surface area contributed by atoms with Crippen molar-refractivity contribution in [1.29, 1.82) is 0 Å². The Morgan fingerprint density at radius 2 is 2.31 bits per heavy atom. The lowest BCUT2D eigenvalue weighted by atomic mass is 9.84. The zero-order valence-corrected chi connectivity index (χ0v) is 8.56. The van der Waals surface area contributed by atoms with Crippen LogP contribution in [0.4, 0.5) is 0 Å². The van der Waals surface area contributed by atoms with E-state index in [9.17, 15) is 0 Å². The number of fused-ring (bicyclic) bond motifs is 1. The third-order valence-corrected chi connectivity index (χ3v) is 3.35. The molecule has 1 aromatic rings. The van der Waals surface area contributed by atoms with Gasteiger partial charge in [0.2, 0.25) is 0 Å². The molecule has 1 aliphatic rings. The van der Waals surface area contributed by atoms with Crippen molar-refractivity contribution in [2.45, 2.75) is 25.2 Å². The van der Waals surface area contributed by atoms with Crippen LogP contribution in [0.2, 0.25) is 5.02 Å². The van der Waals surface area contributed by atoms with Gasteiger partial charge in [-0.3, -0.25) is 0 Å². The van der Waals surface area contributed by atoms with Crippen molar-refractivity contribution in [3.05, 3.63) is 34.3 Å². The quantitative estimate of drug-likeness (QED) is 0.732. The highest BCUT2D eigenvalue weighted by Crippen LogP contribution is 2.38. The molecule has 0 fully saturated rings. The first-order valence-electron chi connectivity index (χ1n) is 4.65. The van der Waals surface area contributed by atoms with Crippen LogP contribution in [0.3, 0.4) is 0 Å². The maximum Gasteiger partial charge on any atom is 0.0409 e. The molecule has 2 heteroatoms. The van der Waals surface area contributed by atoms with Gasteiger partial charge in [0.15, 0.2) is 0 Å². The lowest BCUT2D eigenvalue weighted by Crippen LogP contribution is -2.28. The van der Waals surface area contributed by atoms with E-state index >= 15 is 0 Å². The number of hydrogen-bond acceptors (Lipinski definition) is 1. The minimum absolute atomic E-state index is 0.153. The normalized spacial score (nSPS) is 26.1. The summed E-state index contributed by atoms with van der Waals surface area (Å²) in [5, 5.41) is 0.820. The lowest BCUT2D eigenvalue weighted by molar-refractivity contribution is 0.482. The van der Waals surface area contributed by atoms with Crippen LogP contribution < -0.4 is 5.73 Å². The summed E-state index contributed by atoms with van der Waals surface area (Å²) in [4.78, 5) is 0. The maximum absolute atomic E-state index is 5.97. The zero-order chi connectivity index (χ0) is 9.47. The summed E-state index contributed by atoms with van der Waals surface area (Å²) in [5.74, 6) is 0. The number of aryl methyl sites for hydroxylation is 1. The summed E-state index contributed by atoms with van der Waals surface area (Å²) < 4.78 is 0. The Balaban J connectivity index is 2.52. The Kier molecular flexibility index (Phi) is 2.09. The van der Waals surface area contributed by atoms with Crippen molar-refractivity contribution in [2.75, 3.05) is 6.54 Å². The van der Waals surface area contributed by atoms with E-state index in [-0.39, 0.29) is 5.41 Å². The van der Waals surface area contributed by atoms with E-state index in [1.54, 1.807) is 0 Å². The Bertz CT molecular complexity index is 335. The molecule has 1 aliphatic carbocycles. The monoisotopic (exact) mass is 195 g/mol. The highest BCUT2D eigenvalue weighted by molar-refractivity contribution is 6.30. The van der Waals surface area contributed by atoms with Crippen molar-refractivity contribution in [3.8, 4) is 0 Å². The second-order valence-corrected chi connectivity index (χ2v) is 4.50. The van der Waals surface area contributed by atoms with Gasteiger partial charge < -0.3 is 5.73 Å². The molecule has 0 heterocycles. The average Bonchev–Trinajstić information content (AvgIpc) is 2.45. The van der Waals surface area contributed by atoms with Gasteiger partial charge >= 0.3 is 0 Å². The van der Waals surface area contributed by atoms with E-state index in [4.69, 9.17) is 17.3 Å². The topological polar surface area (TPSA) is 26.0 Å². The molecule has 13 heavy (non-hydrogen) atoms. The minimum Gasteiger partial charge on any atom is -0.330 e. The first-order valence-corrected chi connectivity index (χ1v) is 5.02. The third-order valence-electron chi connectivity index (χ3n) is 3.12. The number of nitrogens with two attached hydrogens (primary N) is 1. The van der Waals surface area contributed by atoms with E-state index in [2.05, 4.69) is 19.1 Å². The Labute approximate surface area is 83.9 Å². The molecular formula is C11H14ClN. The first kappa shape index (κ1) is 9.04. The van der Waals surface area contributed by atoms with Crippen molar-refractivity contribution >= 4 is 11.6 Å². The zero-order valence-electron chi connectivity index (χ0n) is 7.81. The van der Waals surface area contributed by atoms with Crippen molar-refractivity contribution in [2.24, 2.45) is 5.73 Å². The van der Waals surface area contributed by atoms with E-state index in [0.717, 1.165) is 17.9 Å². The molecule has 0 amide bonds. The fraction of sp³-hybridized carbons (Fsp3) is 0.455. The standard InChI is InChI=1S/C11H14ClN/c1-11(7-13)5-4-8-2-3-9(12)6-10(8)11/h2-3,6H,4-5,7,13H2,1H3. The molecule has 1 atom stereocenters. The molecule has 1 nitrogen and oxygen atoms in total. The van der Waals surface area contributed by atoms with Gasteiger partial charge in [0, 0.05) is 17.0 Å². The summed E-state index contributed by atoms with van der Waals surface area (Å²) in [6.07, 6.45) is 2.29. The first-order chi connectivity index (χ1) is 6.15. The highest BCUT2D eigenvalue weighted by atomic mass is 35.5. The number of rotatable bonds is 1. The van der Waals surface area contributed by atoms with Gasteiger partial charge in [0.1, 0.15) is 0 Å². The van der Waals surface area contributed by atoms with Crippen molar-refractivity contribution < 1.29 is 0 Å². The van der Waals surface area contributed by atoms with Gasteiger partial charge in [-0.15, -0.1) is 0 Å². The third kappa shape index (κ3) is 1.36. The summed E-state index contributed by atoms with van der Waals surface area (Å²) in [6, 6.07) is 6.15. The maximum atomic E-state index is 5.97. The van der Waals surface area contributed by atoms with Crippen LogP contribution in [0.1, 0.15) is 24.5 Å². The summed E-state index contributed by atoms with van der Waals surface area (Å²) in [7, 11) is 0. The van der Waals surface area contributed by atoms with E-state index in [0.29, 0.717) is 6.54 Å². The summed E-state index contributed by atoms with van der Waals surface area (Å²) in [6.45, 7) is 2.93. The molecule has 2 rings (SSSR count). The molecule has 0 saturated carbocycles. The van der Waals surface area contributed by atoms with Crippen LogP contribution in [0, 0.1) is 0 Å². The number of halogens is 1. The van der Waals surface area contributed by atoms with E-state index in [1.807, 2.05) is 6.07 Å². The van der Waals surface area contributed by atoms with Crippen LogP contribution in [-0.2, 0) is 11.8 Å². The molecule has 0 spiro atoms. The van der Waals surface area contributed by atoms with Gasteiger partial charge in [-0.2, -0.15) is 0 Å². The Morgan fingerprint density at radius 3 is 3.00 bits per heavy atom. The van der Waals surface area contributed by atoms with Gasteiger partial charge in [-0.05, 0) is 36.1 Å². The van der Waals surface area contributed by atoms with Crippen LogP contribution in [-0.4, -0.2) is 6.54 Å². The molecule has 0 aromatic heterocycles. The SMILES string of the molecule is CC1(CN)CCc2ccc(Cl)cc21. The largest absolute Gasteiger partial charge is 0.330 e. The van der Waals surface area contributed by atoms with Crippen LogP contribution in [0.25, 0.3) is 0 Å². The number of hydrogen-bond donors (Lipinski definition) is 1. The Hall–Kier alpha value is -0.530. The second-order valence-electron chi connectivity index (χ2n) is 4.07. The lowest BCUT2D eigenvalue weighted by Gasteiger charge is -2.23. The molecule has 0 radical (unpaired) electrons. The summed E-state index contributed by atoms with van der Waals surface area (Å²) in [5.41, 5.74) is 8.71. The second kappa shape index (κ2) is 3.00. The molecule has 0 aliphatic heterocycles. The highest BCUT2D eigenvalue weighted by Gasteiger charge is 2.32. The predicted molar refractivity (Wildman–Crippen MR) is 56.2 cm³/mol. The smallest absolute Gasteiger partial charge is 0.0409 e. The van der Waals surface area contributed by atoms with Gasteiger partial charge in [0.05, 0.1) is 0 Å². The molecule has 0 bridgehead atoms. The number of benzene rings is 1. The summed E-state index contributed by atoms with van der Waals surface area (Å²) >= 11 is 5.97. The fourth-order valence-electron chi connectivity index (χ4n) is 2.09. The average molecular weight is 196 g/mol. The van der Waals surface area contributed by atoms with E-state index < -0.39 is 0 Å². The van der Waals surface area contributed by atoms with Gasteiger partial charge in [-0.1, -0.05) is 24.6 Å².